The fourth-order valence-electron chi connectivity index (χ4n) is 11.7. The molecule has 0 spiro atoms. The summed E-state index contributed by atoms with van der Waals surface area (Å²) in [6, 6.07) is 42.5. The van der Waals surface area contributed by atoms with Crippen molar-refractivity contribution in [2.24, 2.45) is 0 Å². The van der Waals surface area contributed by atoms with E-state index in [1.807, 2.05) is 132 Å². The monoisotopic (exact) mass is 1160 g/mol. The second-order valence-electron chi connectivity index (χ2n) is 21.2. The van der Waals surface area contributed by atoms with Crippen LogP contribution in [-0.4, -0.2) is 106 Å². The molecular formula is C64H68N7O12P. The van der Waals surface area contributed by atoms with Gasteiger partial charge < -0.3 is 47.5 Å². The van der Waals surface area contributed by atoms with Gasteiger partial charge in [-0.25, -0.2) is 19.6 Å². The minimum atomic E-state index is -1.77. The van der Waals surface area contributed by atoms with Crippen molar-refractivity contribution in [1.29, 1.82) is 5.26 Å². The van der Waals surface area contributed by atoms with Gasteiger partial charge in [-0.15, -0.1) is 0 Å². The van der Waals surface area contributed by atoms with E-state index in [2.05, 4.69) is 43.8 Å². The van der Waals surface area contributed by atoms with Crippen LogP contribution in [-0.2, 0) is 52.7 Å². The lowest BCUT2D eigenvalue weighted by atomic mass is 9.77. The van der Waals surface area contributed by atoms with Gasteiger partial charge in [0, 0.05) is 44.8 Å². The number of esters is 3. The predicted octanol–water partition coefficient (Wildman–Crippen LogP) is 11.7. The summed E-state index contributed by atoms with van der Waals surface area (Å²) in [5.74, 6) is -0.352. The predicted molar refractivity (Wildman–Crippen MR) is 316 cm³/mol. The highest BCUT2D eigenvalue weighted by Gasteiger charge is 2.51. The molecule has 10 rings (SSSR count). The first kappa shape index (κ1) is 59.1. The zero-order chi connectivity index (χ0) is 59.2. The summed E-state index contributed by atoms with van der Waals surface area (Å²) in [6.45, 7) is 12.3. The van der Waals surface area contributed by atoms with E-state index in [-0.39, 0.29) is 44.0 Å². The summed E-state index contributed by atoms with van der Waals surface area (Å²) in [6.07, 6.45) is -2.38. The Bertz CT molecular complexity index is 3620. The van der Waals surface area contributed by atoms with Crippen molar-refractivity contribution in [3.63, 3.8) is 0 Å². The van der Waals surface area contributed by atoms with Gasteiger partial charge in [0.1, 0.15) is 35.8 Å². The molecule has 0 bridgehead atoms. The summed E-state index contributed by atoms with van der Waals surface area (Å²) >= 11 is 0. The molecule has 1 N–H and O–H groups in total. The molecule has 1 fully saturated rings. The molecule has 19 nitrogen and oxygen atoms in total. The minimum absolute atomic E-state index is 0.00632. The maximum atomic E-state index is 13.3. The largest absolute Gasteiger partial charge is 0.497 e. The van der Waals surface area contributed by atoms with Gasteiger partial charge in [-0.2, -0.15) is 5.26 Å². The first-order valence-electron chi connectivity index (χ1n) is 27.9. The van der Waals surface area contributed by atoms with Crippen LogP contribution in [0.15, 0.2) is 140 Å². The third kappa shape index (κ3) is 12.0. The number of nitrogens with one attached hydrogen (secondary N) is 1. The molecule has 0 saturated carbocycles. The molecule has 84 heavy (non-hydrogen) atoms. The van der Waals surface area contributed by atoms with Crippen molar-refractivity contribution in [2.45, 2.75) is 122 Å². The first-order valence-corrected chi connectivity index (χ1v) is 29.1. The number of aromatic nitrogens is 4. The highest BCUT2D eigenvalue weighted by atomic mass is 31.2. The second-order valence-corrected chi connectivity index (χ2v) is 22.6. The molecule has 2 aromatic heterocycles. The number of rotatable bonds is 22. The number of hydrogen-bond acceptors (Lipinski definition) is 18. The van der Waals surface area contributed by atoms with Crippen molar-refractivity contribution in [3.05, 3.63) is 168 Å². The van der Waals surface area contributed by atoms with Crippen molar-refractivity contribution in [3.8, 4) is 17.6 Å². The minimum Gasteiger partial charge on any atom is -0.497 e. The van der Waals surface area contributed by atoms with E-state index in [1.54, 1.807) is 20.5 Å². The van der Waals surface area contributed by atoms with Crippen LogP contribution in [0, 0.1) is 11.3 Å². The number of fused-ring (bicyclic) bond motifs is 6. The normalized spacial score (nSPS) is 20.0. The molecule has 1 aliphatic carbocycles. The fourth-order valence-corrected chi connectivity index (χ4v) is 13.4. The van der Waals surface area contributed by atoms with Crippen molar-refractivity contribution >= 4 is 65.0 Å². The van der Waals surface area contributed by atoms with Crippen LogP contribution < -0.4 is 14.8 Å². The average Bonchev–Trinajstić information content (AvgIpc) is 0.956. The lowest BCUT2D eigenvalue weighted by Gasteiger charge is -2.43. The molecule has 0 radical (unpaired) electrons. The zero-order valence-electron chi connectivity index (χ0n) is 48.3. The van der Waals surface area contributed by atoms with Crippen LogP contribution in [0.3, 0.4) is 0 Å². The molecule has 1 saturated heterocycles. The Labute approximate surface area is 489 Å². The Kier molecular flexibility index (Phi) is 18.2. The van der Waals surface area contributed by atoms with Gasteiger partial charge in [0.05, 0.1) is 58.4 Å². The Morgan fingerprint density at radius 1 is 0.750 bits per heavy atom. The van der Waals surface area contributed by atoms with E-state index in [4.69, 9.17) is 57.2 Å². The molecule has 8 atom stereocenters. The second kappa shape index (κ2) is 25.8. The molecule has 3 heterocycles. The number of hydrogen-bond donors (Lipinski definition) is 1. The molecule has 6 aromatic carbocycles. The molecular weight excluding hydrogens is 1090 g/mol. The van der Waals surface area contributed by atoms with E-state index in [9.17, 15) is 19.6 Å². The SMILES string of the molecule is COc1ccc(C(OC[C@H]2O[C@@H](n3cnc4c(N[C@H]5c6c(ccc7ccc8ccccc8c67)[C@@H](OC(C)=O)[C@H](OC(C)=O)[C@@H]5OC(C)=O)ncnc43)C[C@@H]2OP(OCCC#N)N(C(C)C)C(C)C)(c2ccccc2)c2ccc(OC)cc2)cc1. The fraction of sp³-hybridized carbons (Fsp3) is 0.359. The van der Waals surface area contributed by atoms with Crippen LogP contribution in [0.1, 0.15) is 107 Å². The van der Waals surface area contributed by atoms with Crippen molar-refractivity contribution in [2.75, 3.05) is 32.8 Å². The molecule has 0 amide bonds. The molecule has 20 heteroatoms. The van der Waals surface area contributed by atoms with Crippen LogP contribution in [0.25, 0.3) is 32.7 Å². The molecule has 436 valence electrons. The van der Waals surface area contributed by atoms with E-state index < -0.39 is 74.8 Å². The quantitative estimate of drug-likeness (QED) is 0.0167. The molecule has 1 unspecified atom stereocenters. The van der Waals surface area contributed by atoms with E-state index in [0.717, 1.165) is 38.2 Å². The Morgan fingerprint density at radius 2 is 1.36 bits per heavy atom. The van der Waals surface area contributed by atoms with Crippen LogP contribution in [0.2, 0.25) is 0 Å². The van der Waals surface area contributed by atoms with Crippen LogP contribution in [0.4, 0.5) is 5.82 Å². The maximum absolute atomic E-state index is 13.3. The number of carbonyl (C=O) groups excluding carboxylic acids is 3. The van der Waals surface area contributed by atoms with Crippen LogP contribution >= 0.6 is 8.53 Å². The van der Waals surface area contributed by atoms with Gasteiger partial charge in [0.25, 0.3) is 8.53 Å². The first-order chi connectivity index (χ1) is 40.6. The number of methoxy groups -OCH3 is 2. The average molecular weight is 1160 g/mol. The molecule has 2 aliphatic rings. The lowest BCUT2D eigenvalue weighted by molar-refractivity contribution is -0.187. The number of nitrogens with zero attached hydrogens (tertiary/aromatic N) is 6. The third-order valence-electron chi connectivity index (χ3n) is 15.1. The number of nitriles is 1. The third-order valence-corrected chi connectivity index (χ3v) is 17.3. The number of anilines is 1. The van der Waals surface area contributed by atoms with Crippen molar-refractivity contribution < 1.29 is 56.6 Å². The van der Waals surface area contributed by atoms with Gasteiger partial charge in [0.15, 0.2) is 35.3 Å². The number of carbonyl (C=O) groups is 3. The Morgan fingerprint density at radius 3 is 1.99 bits per heavy atom. The summed E-state index contributed by atoms with van der Waals surface area (Å²) in [7, 11) is 1.49. The summed E-state index contributed by atoms with van der Waals surface area (Å²) in [5.41, 5.74) is 3.22. The molecule has 1 aliphatic heterocycles. The van der Waals surface area contributed by atoms with E-state index in [1.165, 1.54) is 27.1 Å². The topological polar surface area (TPSA) is 217 Å². The maximum Gasteiger partial charge on any atom is 0.303 e. The van der Waals surface area contributed by atoms with Gasteiger partial charge in [-0.05, 0) is 95.8 Å². The van der Waals surface area contributed by atoms with Gasteiger partial charge >= 0.3 is 17.9 Å². The van der Waals surface area contributed by atoms with E-state index >= 15 is 0 Å². The van der Waals surface area contributed by atoms with Gasteiger partial charge in [-0.3, -0.25) is 19.0 Å². The highest BCUT2D eigenvalue weighted by molar-refractivity contribution is 7.44. The van der Waals surface area contributed by atoms with Gasteiger partial charge in [-0.1, -0.05) is 103 Å². The number of benzene rings is 6. The number of imidazole rings is 1. The standard InChI is InChI=1S/C64H68N7O12P/c1-38(2)71(39(3)4)84(78-33-15-32-65)83-52-34-54(82-53(52)35-77-64(45-17-11-10-12-18-45,46-23-27-48(75-8)28-24-46)47-25-29-49(76-9)30-26-47)70-37-68-58-62(66-36-67-63(58)70)69-57-56-51(31-22-44-21-20-43-16-13-14-19-50(43)55(44)56)59(79-40(5)72)61(81-42(7)74)60(57)80-41(6)73/h10-14,16-31,36-39,52-54,57,59-61H,15,33-35H2,1-9H3,(H,66,67,69)/t52-,53+,54+,57-,59+,60+,61-,84?/m0/s1. The lowest BCUT2D eigenvalue weighted by Crippen LogP contribution is -2.50. The summed E-state index contributed by atoms with van der Waals surface area (Å²) in [5, 5.41) is 16.7. The smallest absolute Gasteiger partial charge is 0.303 e. The Hall–Kier alpha value is -8.08. The van der Waals surface area contributed by atoms with Crippen molar-refractivity contribution in [1.82, 2.24) is 24.2 Å². The highest BCUT2D eigenvalue weighted by Crippen LogP contribution is 2.52. The zero-order valence-corrected chi connectivity index (χ0v) is 49.2. The van der Waals surface area contributed by atoms with Crippen LogP contribution in [0.5, 0.6) is 11.5 Å². The molecule has 8 aromatic rings. The number of ether oxygens (including phenoxy) is 7. The Balaban J connectivity index is 1.08. The van der Waals surface area contributed by atoms with Gasteiger partial charge in [0.2, 0.25) is 0 Å². The summed E-state index contributed by atoms with van der Waals surface area (Å²) < 4.78 is 61.9. The van der Waals surface area contributed by atoms with E-state index in [0.29, 0.717) is 33.8 Å². The summed E-state index contributed by atoms with van der Waals surface area (Å²) in [4.78, 5) is 53.8.